The first kappa shape index (κ1) is 21.8. The smallest absolute Gasteiger partial charge is 0.161 e. The predicted octanol–water partition coefficient (Wildman–Crippen LogP) is 6.57. The number of benzene rings is 3. The highest BCUT2D eigenvalue weighted by molar-refractivity contribution is 6.35. The predicted molar refractivity (Wildman–Crippen MR) is 121 cm³/mol. The lowest BCUT2D eigenvalue weighted by molar-refractivity contribution is 0.284. The van der Waals surface area contributed by atoms with Gasteiger partial charge in [0.25, 0.3) is 0 Å². The van der Waals surface area contributed by atoms with Crippen molar-refractivity contribution in [2.24, 2.45) is 0 Å². The molecule has 0 fully saturated rings. The van der Waals surface area contributed by atoms with Crippen molar-refractivity contribution in [2.45, 2.75) is 19.6 Å². The number of halogens is 3. The molecule has 0 unspecified atom stereocenters. The molecule has 152 valence electrons. The van der Waals surface area contributed by atoms with Crippen LogP contribution in [0.2, 0.25) is 15.1 Å². The monoisotopic (exact) mass is 449 g/mol. The fourth-order valence-corrected chi connectivity index (χ4v) is 3.59. The largest absolute Gasteiger partial charge is 0.493 e. The summed E-state index contributed by atoms with van der Waals surface area (Å²) in [5.41, 5.74) is 3.11. The average molecular weight is 451 g/mol. The topological polar surface area (TPSA) is 30.5 Å². The summed E-state index contributed by atoms with van der Waals surface area (Å²) < 4.78 is 11.4. The Hall–Kier alpha value is -1.91. The van der Waals surface area contributed by atoms with E-state index in [4.69, 9.17) is 44.3 Å². The second kappa shape index (κ2) is 10.7. The first-order chi connectivity index (χ1) is 14.1. The van der Waals surface area contributed by atoms with Crippen LogP contribution in [0, 0.1) is 0 Å². The Balaban J connectivity index is 1.53. The molecule has 3 aromatic rings. The second-order valence-corrected chi connectivity index (χ2v) is 7.78. The maximum Gasteiger partial charge on any atom is 0.161 e. The molecule has 0 aliphatic heterocycles. The van der Waals surface area contributed by atoms with Gasteiger partial charge in [-0.2, -0.15) is 0 Å². The maximum atomic E-state index is 6.22. The summed E-state index contributed by atoms with van der Waals surface area (Å²) in [6.07, 6.45) is 0.826. The molecule has 0 aliphatic carbocycles. The summed E-state index contributed by atoms with van der Waals surface area (Å²) >= 11 is 18.3. The van der Waals surface area contributed by atoms with E-state index in [1.807, 2.05) is 54.6 Å². The quantitative estimate of drug-likeness (QED) is 0.374. The molecule has 0 radical (unpaired) electrons. The first-order valence-electron chi connectivity index (χ1n) is 9.24. The Kier molecular flexibility index (Phi) is 8.08. The summed E-state index contributed by atoms with van der Waals surface area (Å²) in [5.74, 6) is 1.38. The maximum absolute atomic E-state index is 6.22. The van der Waals surface area contributed by atoms with Crippen LogP contribution in [0.1, 0.15) is 16.7 Å². The number of rotatable bonds is 9. The molecule has 0 atom stereocenters. The van der Waals surface area contributed by atoms with E-state index in [1.54, 1.807) is 13.2 Å². The van der Waals surface area contributed by atoms with Crippen molar-refractivity contribution in [1.82, 2.24) is 5.32 Å². The van der Waals surface area contributed by atoms with Crippen LogP contribution in [0.5, 0.6) is 11.5 Å². The van der Waals surface area contributed by atoms with Crippen LogP contribution in [-0.4, -0.2) is 13.7 Å². The molecule has 0 aliphatic rings. The van der Waals surface area contributed by atoms with E-state index in [0.29, 0.717) is 39.7 Å². The zero-order valence-corrected chi connectivity index (χ0v) is 18.3. The minimum Gasteiger partial charge on any atom is -0.493 e. The molecule has 0 amide bonds. The molecule has 0 bridgehead atoms. The van der Waals surface area contributed by atoms with E-state index in [-0.39, 0.29) is 0 Å². The van der Waals surface area contributed by atoms with Gasteiger partial charge in [-0.15, -0.1) is 0 Å². The van der Waals surface area contributed by atoms with Crippen molar-refractivity contribution in [3.05, 3.63) is 92.4 Å². The molecule has 0 spiro atoms. The SMILES string of the molecule is COc1cc(CNCCc2ccc(Cl)cc2Cl)ccc1OCc1ccccc1Cl. The molecule has 3 rings (SSSR count). The van der Waals surface area contributed by atoms with Crippen LogP contribution in [0.4, 0.5) is 0 Å². The van der Waals surface area contributed by atoms with E-state index in [2.05, 4.69) is 5.32 Å². The van der Waals surface area contributed by atoms with Crippen LogP contribution in [0.3, 0.4) is 0 Å². The van der Waals surface area contributed by atoms with Gasteiger partial charge in [-0.1, -0.05) is 65.1 Å². The molecular formula is C23H22Cl3NO2. The van der Waals surface area contributed by atoms with Crippen LogP contribution in [0.15, 0.2) is 60.7 Å². The molecule has 1 N–H and O–H groups in total. The zero-order chi connectivity index (χ0) is 20.6. The highest BCUT2D eigenvalue weighted by Gasteiger charge is 2.08. The summed E-state index contributed by atoms with van der Waals surface area (Å²) in [5, 5.41) is 5.45. The molecule has 0 aromatic heterocycles. The van der Waals surface area contributed by atoms with Gasteiger partial charge in [0.15, 0.2) is 11.5 Å². The molecule has 3 nitrogen and oxygen atoms in total. The van der Waals surface area contributed by atoms with Crippen molar-refractivity contribution in [1.29, 1.82) is 0 Å². The van der Waals surface area contributed by atoms with E-state index in [1.165, 1.54) is 0 Å². The van der Waals surface area contributed by atoms with Crippen LogP contribution in [-0.2, 0) is 19.6 Å². The fraction of sp³-hybridized carbons (Fsp3) is 0.217. The number of hydrogen-bond acceptors (Lipinski definition) is 3. The minimum atomic E-state index is 0.384. The van der Waals surface area contributed by atoms with E-state index >= 15 is 0 Å². The fourth-order valence-electron chi connectivity index (χ4n) is 2.89. The van der Waals surface area contributed by atoms with Crippen LogP contribution >= 0.6 is 34.8 Å². The lowest BCUT2D eigenvalue weighted by Crippen LogP contribution is -2.16. The van der Waals surface area contributed by atoms with Gasteiger partial charge in [-0.25, -0.2) is 0 Å². The van der Waals surface area contributed by atoms with Gasteiger partial charge in [0.1, 0.15) is 6.61 Å². The van der Waals surface area contributed by atoms with Gasteiger partial charge in [-0.05, 0) is 54.4 Å². The number of methoxy groups -OCH3 is 1. The Morgan fingerprint density at radius 2 is 1.66 bits per heavy atom. The highest BCUT2D eigenvalue weighted by atomic mass is 35.5. The normalized spacial score (nSPS) is 10.8. The van der Waals surface area contributed by atoms with Crippen molar-refractivity contribution in [2.75, 3.05) is 13.7 Å². The molecule has 6 heteroatoms. The Morgan fingerprint density at radius 3 is 2.41 bits per heavy atom. The zero-order valence-electron chi connectivity index (χ0n) is 16.1. The lowest BCUT2D eigenvalue weighted by atomic mass is 10.1. The summed E-state index contributed by atoms with van der Waals surface area (Å²) in [4.78, 5) is 0. The van der Waals surface area contributed by atoms with Crippen LogP contribution in [0.25, 0.3) is 0 Å². The minimum absolute atomic E-state index is 0.384. The number of ether oxygens (including phenoxy) is 2. The summed E-state index contributed by atoms with van der Waals surface area (Å²) in [6, 6.07) is 19.1. The first-order valence-corrected chi connectivity index (χ1v) is 10.4. The molecular weight excluding hydrogens is 429 g/mol. The van der Waals surface area contributed by atoms with Gasteiger partial charge in [0.2, 0.25) is 0 Å². The third-order valence-corrected chi connectivity index (χ3v) is 5.44. The Labute approximate surface area is 186 Å². The van der Waals surface area contributed by atoms with Gasteiger partial charge in [0, 0.05) is 27.2 Å². The summed E-state index contributed by atoms with van der Waals surface area (Å²) in [7, 11) is 1.64. The van der Waals surface area contributed by atoms with Gasteiger partial charge < -0.3 is 14.8 Å². The van der Waals surface area contributed by atoms with E-state index in [0.717, 1.165) is 29.7 Å². The number of nitrogens with one attached hydrogen (secondary N) is 1. The third kappa shape index (κ3) is 6.28. The average Bonchev–Trinajstić information content (AvgIpc) is 2.72. The molecule has 29 heavy (non-hydrogen) atoms. The number of hydrogen-bond donors (Lipinski definition) is 1. The summed E-state index contributed by atoms with van der Waals surface area (Å²) in [6.45, 7) is 1.90. The van der Waals surface area contributed by atoms with Crippen LogP contribution < -0.4 is 14.8 Å². The molecule has 0 saturated heterocycles. The van der Waals surface area contributed by atoms with Gasteiger partial charge in [-0.3, -0.25) is 0 Å². The van der Waals surface area contributed by atoms with E-state index in [9.17, 15) is 0 Å². The van der Waals surface area contributed by atoms with Gasteiger partial charge >= 0.3 is 0 Å². The van der Waals surface area contributed by atoms with E-state index < -0.39 is 0 Å². The third-order valence-electron chi connectivity index (χ3n) is 4.48. The molecule has 3 aromatic carbocycles. The standard InChI is InChI=1S/C23H22Cl3NO2/c1-28-23-12-16(14-27-11-10-17-7-8-19(24)13-21(17)26)6-9-22(23)29-15-18-4-2-3-5-20(18)25/h2-9,12-13,27H,10-11,14-15H2,1H3. The lowest BCUT2D eigenvalue weighted by Gasteiger charge is -2.13. The Morgan fingerprint density at radius 1 is 0.828 bits per heavy atom. The van der Waals surface area contributed by atoms with Crippen molar-refractivity contribution >= 4 is 34.8 Å². The molecule has 0 saturated carbocycles. The molecule has 0 heterocycles. The second-order valence-electron chi connectivity index (χ2n) is 6.53. The van der Waals surface area contributed by atoms with Crippen molar-refractivity contribution in [3.63, 3.8) is 0 Å². The highest BCUT2D eigenvalue weighted by Crippen LogP contribution is 2.29. The van der Waals surface area contributed by atoms with Gasteiger partial charge in [0.05, 0.1) is 7.11 Å². The Bertz CT molecular complexity index is 963. The van der Waals surface area contributed by atoms with Crippen molar-refractivity contribution in [3.8, 4) is 11.5 Å². The van der Waals surface area contributed by atoms with Crippen molar-refractivity contribution < 1.29 is 9.47 Å².